The van der Waals surface area contributed by atoms with Crippen molar-refractivity contribution in [1.29, 1.82) is 0 Å². The summed E-state index contributed by atoms with van der Waals surface area (Å²) in [7, 11) is 0. The van der Waals surface area contributed by atoms with Gasteiger partial charge in [-0.05, 0) is 38.5 Å². The molecule has 7 nitrogen and oxygen atoms in total. The van der Waals surface area contributed by atoms with Crippen molar-refractivity contribution in [3.05, 3.63) is 63.6 Å². The fourth-order valence-corrected chi connectivity index (χ4v) is 3.85. The molecule has 0 aliphatic carbocycles. The van der Waals surface area contributed by atoms with Gasteiger partial charge in [-0.25, -0.2) is 9.48 Å². The molecule has 1 atom stereocenters. The lowest BCUT2D eigenvalue weighted by atomic mass is 10.1. The number of hydrogen-bond donors (Lipinski definition) is 0. The van der Waals surface area contributed by atoms with Gasteiger partial charge < -0.3 is 14.2 Å². The molecule has 0 fully saturated rings. The van der Waals surface area contributed by atoms with Gasteiger partial charge >= 0.3 is 5.97 Å². The minimum Gasteiger partial charge on any atom is -0.493 e. The van der Waals surface area contributed by atoms with Gasteiger partial charge in [0.25, 0.3) is 5.56 Å². The average molecular weight is 422 g/mol. The Morgan fingerprint density at radius 3 is 2.74 bits per heavy atom. The summed E-state index contributed by atoms with van der Waals surface area (Å²) in [6.07, 6.45) is 1.66. The van der Waals surface area contributed by atoms with E-state index in [-0.39, 0.29) is 24.0 Å². The van der Waals surface area contributed by atoms with Crippen LogP contribution >= 0.6 is 0 Å². The van der Waals surface area contributed by atoms with Crippen LogP contribution in [0.1, 0.15) is 48.8 Å². The molecule has 2 aromatic carbocycles. The number of aromatic nitrogens is 2. The Morgan fingerprint density at radius 1 is 1.23 bits per heavy atom. The molecule has 0 radical (unpaired) electrons. The van der Waals surface area contributed by atoms with Crippen LogP contribution < -0.4 is 15.0 Å². The van der Waals surface area contributed by atoms with Crippen LogP contribution in [0.3, 0.4) is 0 Å². The monoisotopic (exact) mass is 422 g/mol. The van der Waals surface area contributed by atoms with E-state index in [4.69, 9.17) is 14.2 Å². The van der Waals surface area contributed by atoms with Gasteiger partial charge in [0.2, 0.25) is 0 Å². The van der Waals surface area contributed by atoms with Crippen molar-refractivity contribution in [3.8, 4) is 11.5 Å². The normalized spacial score (nSPS) is 14.9. The Kier molecular flexibility index (Phi) is 5.93. The highest BCUT2D eigenvalue weighted by Gasteiger charge is 2.23. The molecule has 0 saturated heterocycles. The highest BCUT2D eigenvalue weighted by Crippen LogP contribution is 2.35. The fourth-order valence-electron chi connectivity index (χ4n) is 3.85. The van der Waals surface area contributed by atoms with Crippen LogP contribution in [0.2, 0.25) is 0 Å². The first-order valence-electron chi connectivity index (χ1n) is 10.6. The molecule has 31 heavy (non-hydrogen) atoms. The smallest absolute Gasteiger partial charge is 0.359 e. The van der Waals surface area contributed by atoms with E-state index >= 15 is 0 Å². The number of hydrogen-bond acceptors (Lipinski definition) is 6. The number of carbonyl (C=O) groups is 1. The van der Waals surface area contributed by atoms with Crippen LogP contribution in [-0.2, 0) is 24.3 Å². The summed E-state index contributed by atoms with van der Waals surface area (Å²) in [5.74, 6) is 0.890. The molecule has 1 aliphatic heterocycles. The summed E-state index contributed by atoms with van der Waals surface area (Å²) in [4.78, 5) is 25.6. The zero-order valence-corrected chi connectivity index (χ0v) is 18.0. The number of ether oxygens (including phenoxy) is 3. The number of carbonyl (C=O) groups excluding carboxylic acids is 1. The zero-order valence-electron chi connectivity index (χ0n) is 18.0. The van der Waals surface area contributed by atoms with Crippen molar-refractivity contribution in [1.82, 2.24) is 9.78 Å². The topological polar surface area (TPSA) is 79.7 Å². The summed E-state index contributed by atoms with van der Waals surface area (Å²) in [5, 5.41) is 5.24. The second-order valence-electron chi connectivity index (χ2n) is 7.63. The Labute approximate surface area is 180 Å². The van der Waals surface area contributed by atoms with E-state index in [2.05, 4.69) is 5.10 Å². The molecule has 7 heteroatoms. The van der Waals surface area contributed by atoms with Crippen molar-refractivity contribution in [3.63, 3.8) is 0 Å². The summed E-state index contributed by atoms with van der Waals surface area (Å²) >= 11 is 0. The molecule has 1 unspecified atom stereocenters. The van der Waals surface area contributed by atoms with Gasteiger partial charge in [-0.1, -0.05) is 25.1 Å². The van der Waals surface area contributed by atoms with E-state index in [1.165, 1.54) is 4.68 Å². The molecular weight excluding hydrogens is 396 g/mol. The molecule has 0 saturated carbocycles. The molecular formula is C24H26N2O5. The highest BCUT2D eigenvalue weighted by atomic mass is 16.5. The number of rotatable bonds is 7. The number of fused-ring (bicyclic) bond motifs is 2. The van der Waals surface area contributed by atoms with E-state index < -0.39 is 5.97 Å². The van der Waals surface area contributed by atoms with Crippen LogP contribution in [0.5, 0.6) is 11.5 Å². The van der Waals surface area contributed by atoms with E-state index in [0.717, 1.165) is 29.7 Å². The maximum absolute atomic E-state index is 13.0. The minimum absolute atomic E-state index is 0.0160. The number of benzene rings is 2. The van der Waals surface area contributed by atoms with Crippen LogP contribution in [0.4, 0.5) is 0 Å². The van der Waals surface area contributed by atoms with Crippen LogP contribution in [0, 0.1) is 0 Å². The molecule has 1 aliphatic rings. The molecule has 0 spiro atoms. The maximum atomic E-state index is 13.0. The second kappa shape index (κ2) is 8.79. The minimum atomic E-state index is -0.585. The SMILES string of the molecule is CCCn1nc(C(=O)OCc2cc3c(cc2OCC)CC(C)O3)c2ccccc2c1=O. The average Bonchev–Trinajstić information content (AvgIpc) is 3.13. The largest absolute Gasteiger partial charge is 0.493 e. The fraction of sp³-hybridized carbons (Fsp3) is 0.375. The van der Waals surface area contributed by atoms with Crippen molar-refractivity contribution < 1.29 is 19.0 Å². The first-order valence-corrected chi connectivity index (χ1v) is 10.6. The predicted molar refractivity (Wildman–Crippen MR) is 117 cm³/mol. The second-order valence-corrected chi connectivity index (χ2v) is 7.63. The summed E-state index contributed by atoms with van der Waals surface area (Å²) in [6.45, 7) is 6.83. The molecule has 3 aromatic rings. The summed E-state index contributed by atoms with van der Waals surface area (Å²) in [5.41, 5.74) is 1.74. The third kappa shape index (κ3) is 4.13. The van der Waals surface area contributed by atoms with Crippen molar-refractivity contribution in [2.45, 2.75) is 52.9 Å². The molecule has 0 amide bonds. The van der Waals surface area contributed by atoms with Gasteiger partial charge in [0.1, 0.15) is 24.2 Å². The highest BCUT2D eigenvalue weighted by molar-refractivity contribution is 6.02. The van der Waals surface area contributed by atoms with Gasteiger partial charge in [0.05, 0.1) is 12.0 Å². The van der Waals surface area contributed by atoms with Gasteiger partial charge in [0, 0.05) is 29.5 Å². The number of nitrogens with zero attached hydrogens (tertiary/aromatic N) is 2. The molecule has 0 N–H and O–H groups in total. The van der Waals surface area contributed by atoms with Crippen molar-refractivity contribution >= 4 is 16.7 Å². The third-order valence-electron chi connectivity index (χ3n) is 5.23. The van der Waals surface area contributed by atoms with Crippen LogP contribution in [0.15, 0.2) is 41.2 Å². The van der Waals surface area contributed by atoms with E-state index in [0.29, 0.717) is 29.7 Å². The number of aryl methyl sites for hydroxylation is 1. The van der Waals surface area contributed by atoms with E-state index in [1.54, 1.807) is 24.3 Å². The first kappa shape index (κ1) is 20.9. The molecule has 1 aromatic heterocycles. The molecule has 2 heterocycles. The molecule has 4 rings (SSSR count). The zero-order chi connectivity index (χ0) is 22.0. The Morgan fingerprint density at radius 2 is 2.00 bits per heavy atom. The van der Waals surface area contributed by atoms with Crippen molar-refractivity contribution in [2.75, 3.05) is 6.61 Å². The lowest BCUT2D eigenvalue weighted by Crippen LogP contribution is -2.26. The van der Waals surface area contributed by atoms with Gasteiger partial charge in [-0.2, -0.15) is 5.10 Å². The number of esters is 1. The standard InChI is InChI=1S/C24H26N2O5/c1-4-10-26-23(27)19-9-7-6-8-18(19)22(25-26)24(28)30-14-17-13-21-16(11-15(3)31-21)12-20(17)29-5-2/h6-9,12-13,15H,4-5,10-11,14H2,1-3H3. The Balaban J connectivity index is 1.64. The molecule has 162 valence electrons. The first-order chi connectivity index (χ1) is 15.0. The third-order valence-corrected chi connectivity index (χ3v) is 5.23. The quantitative estimate of drug-likeness (QED) is 0.538. The lowest BCUT2D eigenvalue weighted by molar-refractivity contribution is 0.0461. The molecule has 0 bridgehead atoms. The van der Waals surface area contributed by atoms with Crippen LogP contribution in [0.25, 0.3) is 10.8 Å². The lowest BCUT2D eigenvalue weighted by Gasteiger charge is -2.14. The van der Waals surface area contributed by atoms with Crippen molar-refractivity contribution in [2.24, 2.45) is 0 Å². The maximum Gasteiger partial charge on any atom is 0.359 e. The van der Waals surface area contributed by atoms with Gasteiger partial charge in [-0.15, -0.1) is 0 Å². The Hall–Kier alpha value is -3.35. The summed E-state index contributed by atoms with van der Waals surface area (Å²) < 4.78 is 18.5. The predicted octanol–water partition coefficient (Wildman–Crippen LogP) is 3.89. The Bertz CT molecular complexity index is 1180. The van der Waals surface area contributed by atoms with E-state index in [1.807, 2.05) is 32.9 Å². The van der Waals surface area contributed by atoms with Crippen LogP contribution in [-0.4, -0.2) is 28.5 Å². The summed E-state index contributed by atoms with van der Waals surface area (Å²) in [6, 6.07) is 10.8. The van der Waals surface area contributed by atoms with Gasteiger partial charge in [0.15, 0.2) is 5.69 Å². The van der Waals surface area contributed by atoms with Gasteiger partial charge in [-0.3, -0.25) is 4.79 Å². The van der Waals surface area contributed by atoms with E-state index in [9.17, 15) is 9.59 Å².